The number of halogens is 3. The maximum atomic E-state index is 13.9. The smallest absolute Gasteiger partial charge is 0.243 e. The molecule has 39 heavy (non-hydrogen) atoms. The molecule has 0 saturated heterocycles. The molecule has 2 amide bonds. The molecule has 1 saturated carbocycles. The number of hydrogen-bond donors (Lipinski definition) is 1. The van der Waals surface area contributed by atoms with E-state index in [2.05, 4.69) is 21.2 Å². The minimum Gasteiger partial charge on any atom is -0.352 e. The highest BCUT2D eigenvalue weighted by atomic mass is 79.9. The van der Waals surface area contributed by atoms with Gasteiger partial charge in [0.1, 0.15) is 6.04 Å². The Kier molecular flexibility index (Phi) is 11.6. The van der Waals surface area contributed by atoms with Crippen molar-refractivity contribution in [3.05, 3.63) is 104 Å². The molecular formula is C31H33BrCl2N2O2S. The van der Waals surface area contributed by atoms with E-state index in [1.807, 2.05) is 54.6 Å². The molecule has 206 valence electrons. The number of rotatable bonds is 11. The monoisotopic (exact) mass is 646 g/mol. The first-order chi connectivity index (χ1) is 18.9. The van der Waals surface area contributed by atoms with E-state index in [9.17, 15) is 9.59 Å². The molecule has 1 atom stereocenters. The second-order valence-corrected chi connectivity index (χ2v) is 12.6. The third-order valence-electron chi connectivity index (χ3n) is 7.02. The minimum atomic E-state index is -0.692. The van der Waals surface area contributed by atoms with E-state index in [0.29, 0.717) is 27.8 Å². The fourth-order valence-corrected chi connectivity index (χ4v) is 6.52. The molecule has 1 N–H and O–H groups in total. The highest BCUT2D eigenvalue weighted by Gasteiger charge is 2.32. The minimum absolute atomic E-state index is 0.118. The summed E-state index contributed by atoms with van der Waals surface area (Å²) >= 11 is 18.1. The fourth-order valence-electron chi connectivity index (χ4n) is 4.87. The van der Waals surface area contributed by atoms with Crippen LogP contribution in [0.4, 0.5) is 0 Å². The largest absolute Gasteiger partial charge is 0.352 e. The lowest BCUT2D eigenvalue weighted by Gasteiger charge is -2.34. The molecule has 1 unspecified atom stereocenters. The lowest BCUT2D eigenvalue weighted by atomic mass is 9.94. The molecule has 3 aromatic rings. The van der Waals surface area contributed by atoms with Gasteiger partial charge in [-0.3, -0.25) is 9.59 Å². The van der Waals surface area contributed by atoms with Crippen molar-refractivity contribution < 1.29 is 9.59 Å². The van der Waals surface area contributed by atoms with Crippen LogP contribution in [0.1, 0.15) is 48.8 Å². The number of amides is 2. The predicted molar refractivity (Wildman–Crippen MR) is 166 cm³/mol. The molecule has 0 aliphatic heterocycles. The molecule has 4 rings (SSSR count). The highest BCUT2D eigenvalue weighted by molar-refractivity contribution is 9.10. The van der Waals surface area contributed by atoms with Crippen LogP contribution in [0.3, 0.4) is 0 Å². The van der Waals surface area contributed by atoms with Crippen molar-refractivity contribution in [2.75, 3.05) is 5.75 Å². The zero-order chi connectivity index (χ0) is 27.6. The van der Waals surface area contributed by atoms with Crippen molar-refractivity contribution in [3.8, 4) is 0 Å². The van der Waals surface area contributed by atoms with Crippen LogP contribution in [0.15, 0.2) is 77.3 Å². The van der Waals surface area contributed by atoms with E-state index in [4.69, 9.17) is 23.2 Å². The summed E-state index contributed by atoms with van der Waals surface area (Å²) in [5, 5.41) is 4.23. The summed E-state index contributed by atoms with van der Waals surface area (Å²) < 4.78 is 1.02. The average Bonchev–Trinajstić information content (AvgIpc) is 2.94. The Balaban J connectivity index is 1.60. The topological polar surface area (TPSA) is 49.4 Å². The van der Waals surface area contributed by atoms with E-state index in [-0.39, 0.29) is 30.2 Å². The van der Waals surface area contributed by atoms with Crippen molar-refractivity contribution in [2.45, 2.75) is 62.9 Å². The van der Waals surface area contributed by atoms with Crippen LogP contribution in [-0.2, 0) is 28.3 Å². The predicted octanol–water partition coefficient (Wildman–Crippen LogP) is 8.08. The third-order valence-corrected chi connectivity index (χ3v) is 9.25. The maximum Gasteiger partial charge on any atom is 0.243 e. The van der Waals surface area contributed by atoms with Crippen molar-refractivity contribution in [1.29, 1.82) is 0 Å². The summed E-state index contributed by atoms with van der Waals surface area (Å²) in [7, 11) is 0. The fraction of sp³-hybridized carbons (Fsp3) is 0.355. The number of hydrogen-bond acceptors (Lipinski definition) is 3. The Morgan fingerprint density at radius 3 is 2.23 bits per heavy atom. The summed E-state index contributed by atoms with van der Waals surface area (Å²) in [4.78, 5) is 29.4. The van der Waals surface area contributed by atoms with Gasteiger partial charge in [-0.05, 0) is 48.2 Å². The van der Waals surface area contributed by atoms with Gasteiger partial charge in [0.25, 0.3) is 0 Å². The van der Waals surface area contributed by atoms with Gasteiger partial charge in [-0.25, -0.2) is 0 Å². The highest BCUT2D eigenvalue weighted by Crippen LogP contribution is 2.28. The molecular weight excluding hydrogens is 615 g/mol. The molecule has 0 bridgehead atoms. The second-order valence-electron chi connectivity index (χ2n) is 9.89. The summed E-state index contributed by atoms with van der Waals surface area (Å²) in [5.74, 6) is 0.685. The van der Waals surface area contributed by atoms with Crippen LogP contribution in [-0.4, -0.2) is 34.6 Å². The van der Waals surface area contributed by atoms with Gasteiger partial charge in [-0.1, -0.05) is 107 Å². The van der Waals surface area contributed by atoms with Crippen LogP contribution in [0, 0.1) is 0 Å². The van der Waals surface area contributed by atoms with Crippen LogP contribution in [0.25, 0.3) is 0 Å². The summed E-state index contributed by atoms with van der Waals surface area (Å²) in [6.45, 7) is 0.159. The van der Waals surface area contributed by atoms with Crippen LogP contribution >= 0.6 is 50.9 Å². The number of carbonyl (C=O) groups excluding carboxylic acids is 2. The summed E-state index contributed by atoms with van der Waals surface area (Å²) in [5.41, 5.74) is 2.77. The lowest BCUT2D eigenvalue weighted by Crippen LogP contribution is -2.53. The van der Waals surface area contributed by atoms with Crippen molar-refractivity contribution in [2.24, 2.45) is 0 Å². The maximum absolute atomic E-state index is 13.9. The van der Waals surface area contributed by atoms with Crippen molar-refractivity contribution in [3.63, 3.8) is 0 Å². The van der Waals surface area contributed by atoms with Crippen molar-refractivity contribution >= 4 is 62.7 Å². The summed E-state index contributed by atoms with van der Waals surface area (Å²) in [6, 6.07) is 22.7. The molecule has 0 aromatic heterocycles. The van der Waals surface area contributed by atoms with E-state index in [1.54, 1.807) is 23.1 Å². The van der Waals surface area contributed by atoms with E-state index in [1.165, 1.54) is 18.2 Å². The first-order valence-electron chi connectivity index (χ1n) is 13.3. The Bertz CT molecular complexity index is 1220. The molecule has 0 spiro atoms. The molecule has 3 aromatic carbocycles. The van der Waals surface area contributed by atoms with Gasteiger partial charge < -0.3 is 10.2 Å². The normalized spacial score (nSPS) is 14.5. The van der Waals surface area contributed by atoms with E-state index in [0.717, 1.165) is 41.3 Å². The first kappa shape index (κ1) is 30.0. The molecule has 1 aliphatic carbocycles. The number of carbonyl (C=O) groups is 2. The molecule has 0 heterocycles. The molecule has 0 radical (unpaired) electrons. The molecule has 1 aliphatic rings. The third kappa shape index (κ3) is 9.01. The Hall–Kier alpha value is -1.99. The number of nitrogens with one attached hydrogen (secondary N) is 1. The van der Waals surface area contributed by atoms with Gasteiger partial charge in [0.05, 0.1) is 5.75 Å². The van der Waals surface area contributed by atoms with Crippen LogP contribution < -0.4 is 5.32 Å². The van der Waals surface area contributed by atoms with Gasteiger partial charge in [-0.15, -0.1) is 11.8 Å². The number of nitrogens with zero attached hydrogens (tertiary/aromatic N) is 1. The quantitative estimate of drug-likeness (QED) is 0.229. The van der Waals surface area contributed by atoms with Crippen molar-refractivity contribution in [1.82, 2.24) is 10.2 Å². The molecule has 1 fully saturated rings. The Morgan fingerprint density at radius 2 is 1.56 bits per heavy atom. The van der Waals surface area contributed by atoms with Gasteiger partial charge in [0.15, 0.2) is 0 Å². The van der Waals surface area contributed by atoms with Gasteiger partial charge in [0.2, 0.25) is 11.8 Å². The lowest BCUT2D eigenvalue weighted by molar-refractivity contribution is -0.139. The number of benzene rings is 3. The standard InChI is InChI=1S/C31H33BrCl2N2O2S/c32-24-16-14-23(15-17-24)20-39-21-30(37)36(19-26-27(33)12-7-13-28(26)34)29(18-22-8-3-1-4-9-22)31(38)35-25-10-5-2-6-11-25/h1,3-4,7-9,12-17,25,29H,2,5-6,10-11,18-21H2,(H,35,38). The zero-order valence-electron chi connectivity index (χ0n) is 21.8. The molecule has 4 nitrogen and oxygen atoms in total. The number of thioether (sulfide) groups is 1. The van der Waals surface area contributed by atoms with E-state index >= 15 is 0 Å². The van der Waals surface area contributed by atoms with Crippen LogP contribution in [0.5, 0.6) is 0 Å². The summed E-state index contributed by atoms with van der Waals surface area (Å²) in [6.07, 6.45) is 5.77. The average molecular weight is 648 g/mol. The van der Waals surface area contributed by atoms with Gasteiger partial charge in [-0.2, -0.15) is 0 Å². The van der Waals surface area contributed by atoms with Gasteiger partial charge >= 0.3 is 0 Å². The Morgan fingerprint density at radius 1 is 0.897 bits per heavy atom. The molecule has 8 heteroatoms. The van der Waals surface area contributed by atoms with E-state index < -0.39 is 6.04 Å². The van der Waals surface area contributed by atoms with Gasteiger partial charge in [0, 0.05) is 44.8 Å². The first-order valence-corrected chi connectivity index (χ1v) is 16.0. The second kappa shape index (κ2) is 15.1. The zero-order valence-corrected chi connectivity index (χ0v) is 25.7. The van der Waals surface area contributed by atoms with Crippen LogP contribution in [0.2, 0.25) is 10.0 Å². The Labute approximate surface area is 254 Å². The SMILES string of the molecule is O=C(NC1CCCCC1)C(Cc1ccccc1)N(Cc1c(Cl)cccc1Cl)C(=O)CSCc1ccc(Br)cc1.